The molecule has 5 heterocycles. The lowest BCUT2D eigenvalue weighted by Crippen LogP contribution is -2.21. The van der Waals surface area contributed by atoms with Crippen molar-refractivity contribution in [1.29, 1.82) is 0 Å². The van der Waals surface area contributed by atoms with Crippen molar-refractivity contribution in [3.63, 3.8) is 0 Å². The topological polar surface area (TPSA) is 128 Å². The zero-order valence-corrected chi connectivity index (χ0v) is 30.3. The van der Waals surface area contributed by atoms with Crippen molar-refractivity contribution < 1.29 is 9.59 Å². The summed E-state index contributed by atoms with van der Waals surface area (Å²) in [4.78, 5) is 67.9. The van der Waals surface area contributed by atoms with Crippen molar-refractivity contribution in [2.75, 3.05) is 0 Å². The first kappa shape index (κ1) is 35.5. The number of fused-ring (bicyclic) bond motifs is 2. The summed E-state index contributed by atoms with van der Waals surface area (Å²) in [7, 11) is 0. The van der Waals surface area contributed by atoms with Crippen LogP contribution in [-0.4, -0.2) is 36.1 Å². The molecule has 0 bridgehead atoms. The number of nitrogens with one attached hydrogen (secondary N) is 1. The van der Waals surface area contributed by atoms with Gasteiger partial charge in [-0.15, -0.1) is 0 Å². The molecule has 0 amide bonds. The lowest BCUT2D eigenvalue weighted by Gasteiger charge is -2.13. The molecule has 52 heavy (non-hydrogen) atoms. The molecule has 9 nitrogen and oxygen atoms in total. The second-order valence-electron chi connectivity index (χ2n) is 13.2. The maximum Gasteiger partial charge on any atom is 0.202 e. The molecule has 0 aliphatic heterocycles. The van der Waals surface area contributed by atoms with Crippen LogP contribution < -0.4 is 10.9 Å². The van der Waals surface area contributed by atoms with Gasteiger partial charge in [-0.25, -0.2) is 9.97 Å². The maximum absolute atomic E-state index is 13.3. The van der Waals surface area contributed by atoms with Gasteiger partial charge < -0.3 is 9.55 Å². The molecule has 0 aliphatic carbocycles. The largest absolute Gasteiger partial charge is 0.345 e. The van der Waals surface area contributed by atoms with Crippen LogP contribution in [0.1, 0.15) is 76.9 Å². The van der Waals surface area contributed by atoms with E-state index in [0.29, 0.717) is 39.7 Å². The zero-order chi connectivity index (χ0) is 37.3. The third-order valence-corrected chi connectivity index (χ3v) is 9.24. The number of aromatic nitrogens is 5. The van der Waals surface area contributed by atoms with Gasteiger partial charge in [-0.3, -0.25) is 24.2 Å². The quantitative estimate of drug-likeness (QED) is 0.181. The molecule has 0 radical (unpaired) electrons. The van der Waals surface area contributed by atoms with Gasteiger partial charge in [0.2, 0.25) is 10.9 Å². The number of hydrogen-bond donors (Lipinski definition) is 1. The molecule has 7 aromatic rings. The average molecular weight is 690 g/mol. The van der Waals surface area contributed by atoms with E-state index in [1.807, 2.05) is 95.5 Å². The summed E-state index contributed by atoms with van der Waals surface area (Å²) in [6.45, 7) is 14.0. The Morgan fingerprint density at radius 1 is 0.596 bits per heavy atom. The number of aromatic amines is 1. The van der Waals surface area contributed by atoms with Crippen molar-refractivity contribution in [2.24, 2.45) is 0 Å². The van der Waals surface area contributed by atoms with Crippen LogP contribution in [0.5, 0.6) is 0 Å². The van der Waals surface area contributed by atoms with Crippen LogP contribution in [0.3, 0.4) is 0 Å². The maximum atomic E-state index is 13.3. The monoisotopic (exact) mass is 689 g/mol. The van der Waals surface area contributed by atoms with Gasteiger partial charge in [0.15, 0.2) is 11.6 Å². The molecule has 0 unspecified atom stereocenters. The Labute approximate surface area is 301 Å². The van der Waals surface area contributed by atoms with E-state index in [4.69, 9.17) is 0 Å². The second-order valence-corrected chi connectivity index (χ2v) is 13.2. The van der Waals surface area contributed by atoms with Crippen LogP contribution in [-0.2, 0) is 6.54 Å². The lowest BCUT2D eigenvalue weighted by atomic mass is 9.99. The number of pyridine rings is 5. The summed E-state index contributed by atoms with van der Waals surface area (Å²) in [6, 6.07) is 23.8. The number of H-pyrrole nitrogens is 1. The van der Waals surface area contributed by atoms with E-state index in [-0.39, 0.29) is 33.6 Å². The first-order valence-corrected chi connectivity index (χ1v) is 17.0. The molecule has 0 fully saturated rings. The summed E-state index contributed by atoms with van der Waals surface area (Å²) < 4.78 is 1.85. The first-order chi connectivity index (χ1) is 24.8. The number of benzene rings is 2. The third kappa shape index (κ3) is 7.25. The highest BCUT2D eigenvalue weighted by Crippen LogP contribution is 2.18. The molecule has 7 rings (SSSR count). The number of rotatable bonds is 6. The van der Waals surface area contributed by atoms with Crippen molar-refractivity contribution >= 4 is 33.6 Å². The number of aryl methyl sites for hydroxylation is 7. The minimum atomic E-state index is -0.297. The van der Waals surface area contributed by atoms with E-state index in [0.717, 1.165) is 45.0 Å². The fraction of sp³-hybridized carbons (Fsp3) is 0.186. The number of carbonyl (C=O) groups is 2. The van der Waals surface area contributed by atoms with E-state index in [1.165, 1.54) is 6.20 Å². The molecular formula is C43H39N5O4. The lowest BCUT2D eigenvalue weighted by molar-refractivity contribution is 0.102. The Morgan fingerprint density at radius 3 is 1.77 bits per heavy atom. The smallest absolute Gasteiger partial charge is 0.202 e. The average Bonchev–Trinajstić information content (AvgIpc) is 3.11. The Balaban J connectivity index is 0.000000187. The number of carbonyl (C=O) groups excluding carboxylic acids is 2. The van der Waals surface area contributed by atoms with Gasteiger partial charge in [0.1, 0.15) is 11.3 Å². The highest BCUT2D eigenvalue weighted by molar-refractivity contribution is 6.10. The summed E-state index contributed by atoms with van der Waals surface area (Å²) >= 11 is 0. The Hall–Kier alpha value is -6.35. The van der Waals surface area contributed by atoms with Crippen LogP contribution in [0.2, 0.25) is 0 Å². The summed E-state index contributed by atoms with van der Waals surface area (Å²) in [5.41, 5.74) is 9.42. The SMILES string of the molecule is Cc1ccc2c(=O)c(C(=O)c3ccc(C)c(C)c3)c[nH]c2n1.Cc1cccc(Cn2cc(C(=O)c3ccc(C)c(C)c3)c(=O)c3ccc(C)nc32)n1. The highest BCUT2D eigenvalue weighted by atomic mass is 16.1. The van der Waals surface area contributed by atoms with Gasteiger partial charge in [0, 0.05) is 40.6 Å². The van der Waals surface area contributed by atoms with Crippen molar-refractivity contribution in [2.45, 2.75) is 55.0 Å². The summed E-state index contributed by atoms with van der Waals surface area (Å²) in [5.74, 6) is -0.552. The van der Waals surface area contributed by atoms with Gasteiger partial charge in [0.05, 0.1) is 34.1 Å². The van der Waals surface area contributed by atoms with E-state index < -0.39 is 0 Å². The molecule has 0 atom stereocenters. The molecule has 9 heteroatoms. The highest BCUT2D eigenvalue weighted by Gasteiger charge is 2.19. The van der Waals surface area contributed by atoms with E-state index in [2.05, 4.69) is 19.9 Å². The molecule has 0 aliphatic rings. The molecule has 0 saturated heterocycles. The standard InChI is InChI=1S/C25H23N3O2.C18H16N2O2/c1-15-8-10-19(12-16(15)2)23(29)22-14-28(13-20-7-5-6-17(3)26-20)25-21(24(22)30)11-9-18(4)27-25;1-10-4-6-13(8-11(10)2)16(21)15-9-19-18-14(17(15)22)7-5-12(3)20-18/h5-12,14H,13H2,1-4H3;4-9H,1-3H3,(H,19,20,22). The first-order valence-electron chi connectivity index (χ1n) is 17.0. The summed E-state index contributed by atoms with van der Waals surface area (Å²) in [5, 5.41) is 0.864. The van der Waals surface area contributed by atoms with Gasteiger partial charge >= 0.3 is 0 Å². The molecule has 1 N–H and O–H groups in total. The molecule has 260 valence electrons. The molecule has 5 aromatic heterocycles. The second kappa shape index (κ2) is 14.5. The minimum Gasteiger partial charge on any atom is -0.345 e. The fourth-order valence-electron chi connectivity index (χ4n) is 5.95. The number of nitrogens with zero attached hydrogens (tertiary/aromatic N) is 4. The Morgan fingerprint density at radius 2 is 1.15 bits per heavy atom. The normalized spacial score (nSPS) is 11.0. The molecule has 0 spiro atoms. The third-order valence-electron chi connectivity index (χ3n) is 9.24. The van der Waals surface area contributed by atoms with Gasteiger partial charge in [-0.1, -0.05) is 30.3 Å². The predicted molar refractivity (Wildman–Crippen MR) is 205 cm³/mol. The van der Waals surface area contributed by atoms with Crippen molar-refractivity contribution in [1.82, 2.24) is 24.5 Å². The molecule has 0 saturated carbocycles. The van der Waals surface area contributed by atoms with Crippen LogP contribution in [0.4, 0.5) is 0 Å². The van der Waals surface area contributed by atoms with Crippen LogP contribution in [0.15, 0.2) is 101 Å². The number of ketones is 2. The van der Waals surface area contributed by atoms with E-state index >= 15 is 0 Å². The molecule has 2 aromatic carbocycles. The van der Waals surface area contributed by atoms with E-state index in [9.17, 15) is 19.2 Å². The van der Waals surface area contributed by atoms with E-state index in [1.54, 1.807) is 42.6 Å². The predicted octanol–water partition coefficient (Wildman–Crippen LogP) is 7.38. The zero-order valence-electron chi connectivity index (χ0n) is 30.3. The van der Waals surface area contributed by atoms with Crippen molar-refractivity contribution in [3.05, 3.63) is 179 Å². The molecular weight excluding hydrogens is 651 g/mol. The minimum absolute atomic E-state index is 0.140. The van der Waals surface area contributed by atoms with Crippen molar-refractivity contribution in [3.8, 4) is 0 Å². The van der Waals surface area contributed by atoms with Crippen LogP contribution >= 0.6 is 0 Å². The fourth-order valence-corrected chi connectivity index (χ4v) is 5.95. The van der Waals surface area contributed by atoms with Crippen LogP contribution in [0.25, 0.3) is 22.1 Å². The Bertz CT molecular complexity index is 2670. The summed E-state index contributed by atoms with van der Waals surface area (Å²) in [6.07, 6.45) is 3.08. The van der Waals surface area contributed by atoms with Crippen LogP contribution in [0, 0.1) is 48.5 Å². The van der Waals surface area contributed by atoms with Gasteiger partial charge in [0.25, 0.3) is 0 Å². The Kier molecular flexibility index (Phi) is 9.88. The van der Waals surface area contributed by atoms with Gasteiger partial charge in [-0.2, -0.15) is 0 Å². The van der Waals surface area contributed by atoms with Gasteiger partial charge in [-0.05, 0) is 119 Å². The number of hydrogen-bond acceptors (Lipinski definition) is 7.